The lowest BCUT2D eigenvalue weighted by molar-refractivity contribution is -0.0925. The maximum atomic E-state index is 11.1. The Balaban J connectivity index is 2.18. The first-order valence-electron chi connectivity index (χ1n) is 7.45. The van der Waals surface area contributed by atoms with Gasteiger partial charge in [0.15, 0.2) is 0 Å². The summed E-state index contributed by atoms with van der Waals surface area (Å²) < 4.78 is 0. The van der Waals surface area contributed by atoms with E-state index in [9.17, 15) is 5.11 Å². The minimum Gasteiger partial charge on any atom is -0.385 e. The fourth-order valence-corrected chi connectivity index (χ4v) is 3.32. The van der Waals surface area contributed by atoms with Gasteiger partial charge < -0.3 is 5.11 Å². The van der Waals surface area contributed by atoms with E-state index in [4.69, 9.17) is 0 Å². The van der Waals surface area contributed by atoms with Crippen molar-refractivity contribution in [2.45, 2.75) is 45.8 Å². The van der Waals surface area contributed by atoms with Crippen LogP contribution in [0.5, 0.6) is 0 Å². The third kappa shape index (κ3) is 3.01. The molecule has 1 aliphatic rings. The number of benzene rings is 1. The van der Waals surface area contributed by atoms with Crippen molar-refractivity contribution in [2.75, 3.05) is 13.1 Å². The molecular formula is C17H27NO. The van der Waals surface area contributed by atoms with E-state index in [0.29, 0.717) is 12.0 Å². The van der Waals surface area contributed by atoms with Crippen LogP contribution in [-0.2, 0) is 5.60 Å². The van der Waals surface area contributed by atoms with Crippen LogP contribution in [0.15, 0.2) is 30.3 Å². The molecule has 0 saturated carbocycles. The quantitative estimate of drug-likeness (QED) is 0.902. The van der Waals surface area contributed by atoms with Gasteiger partial charge in [-0.3, -0.25) is 4.90 Å². The predicted octanol–water partition coefficient (Wildman–Crippen LogP) is 3.26. The molecule has 0 radical (unpaired) electrons. The SMILES string of the molecule is CC(C)CN1C[C@@H](C)[C@](O)(c2ccccc2)C[C@H]1C. The Hall–Kier alpha value is -0.860. The molecule has 1 saturated heterocycles. The minimum absolute atomic E-state index is 0.268. The van der Waals surface area contributed by atoms with E-state index in [1.165, 1.54) is 0 Å². The molecule has 0 aliphatic carbocycles. The summed E-state index contributed by atoms with van der Waals surface area (Å²) in [5.74, 6) is 0.947. The van der Waals surface area contributed by atoms with Crippen molar-refractivity contribution in [3.63, 3.8) is 0 Å². The van der Waals surface area contributed by atoms with Crippen LogP contribution < -0.4 is 0 Å². The average Bonchev–Trinajstić information content (AvgIpc) is 2.36. The molecule has 3 atom stereocenters. The molecule has 19 heavy (non-hydrogen) atoms. The van der Waals surface area contributed by atoms with Gasteiger partial charge in [-0.15, -0.1) is 0 Å². The van der Waals surface area contributed by atoms with Crippen LogP contribution in [0.3, 0.4) is 0 Å². The lowest BCUT2D eigenvalue weighted by Gasteiger charge is -2.47. The van der Waals surface area contributed by atoms with Crippen molar-refractivity contribution >= 4 is 0 Å². The highest BCUT2D eigenvalue weighted by Gasteiger charge is 2.43. The van der Waals surface area contributed by atoms with Gasteiger partial charge in [-0.05, 0) is 24.8 Å². The highest BCUT2D eigenvalue weighted by Crippen LogP contribution is 2.39. The van der Waals surface area contributed by atoms with Crippen LogP contribution in [0.2, 0.25) is 0 Å². The summed E-state index contributed by atoms with van der Waals surface area (Å²) in [7, 11) is 0. The second-order valence-electron chi connectivity index (χ2n) is 6.59. The van der Waals surface area contributed by atoms with Crippen LogP contribution in [-0.4, -0.2) is 29.1 Å². The molecular weight excluding hydrogens is 234 g/mol. The van der Waals surface area contributed by atoms with Crippen molar-refractivity contribution in [1.82, 2.24) is 4.90 Å². The van der Waals surface area contributed by atoms with Crippen molar-refractivity contribution in [3.05, 3.63) is 35.9 Å². The number of likely N-dealkylation sites (tertiary alicyclic amines) is 1. The molecule has 1 N–H and O–H groups in total. The molecule has 1 fully saturated rings. The summed E-state index contributed by atoms with van der Waals surface area (Å²) in [6.07, 6.45) is 0.824. The Morgan fingerprint density at radius 3 is 2.47 bits per heavy atom. The van der Waals surface area contributed by atoms with Gasteiger partial charge in [-0.2, -0.15) is 0 Å². The summed E-state index contributed by atoms with van der Waals surface area (Å²) >= 11 is 0. The molecule has 0 bridgehead atoms. The summed E-state index contributed by atoms with van der Waals surface area (Å²) in [5.41, 5.74) is 0.396. The van der Waals surface area contributed by atoms with Crippen LogP contribution in [0.4, 0.5) is 0 Å². The monoisotopic (exact) mass is 261 g/mol. The molecule has 2 nitrogen and oxygen atoms in total. The van der Waals surface area contributed by atoms with E-state index in [-0.39, 0.29) is 5.92 Å². The van der Waals surface area contributed by atoms with Crippen LogP contribution in [0, 0.1) is 11.8 Å². The number of rotatable bonds is 3. The van der Waals surface area contributed by atoms with Gasteiger partial charge in [0.2, 0.25) is 0 Å². The molecule has 2 rings (SSSR count). The van der Waals surface area contributed by atoms with Crippen LogP contribution in [0.25, 0.3) is 0 Å². The Labute approximate surface area is 117 Å². The first-order chi connectivity index (χ1) is 8.93. The second kappa shape index (κ2) is 5.64. The number of aliphatic hydroxyl groups is 1. The zero-order valence-electron chi connectivity index (χ0n) is 12.6. The zero-order valence-corrected chi connectivity index (χ0v) is 12.6. The highest BCUT2D eigenvalue weighted by molar-refractivity contribution is 5.24. The summed E-state index contributed by atoms with van der Waals surface area (Å²) in [5, 5.41) is 11.1. The Morgan fingerprint density at radius 1 is 1.26 bits per heavy atom. The summed E-state index contributed by atoms with van der Waals surface area (Å²) in [6, 6.07) is 10.6. The van der Waals surface area contributed by atoms with Gasteiger partial charge in [0.25, 0.3) is 0 Å². The van der Waals surface area contributed by atoms with Crippen molar-refractivity contribution in [2.24, 2.45) is 11.8 Å². The molecule has 1 aromatic carbocycles. The Morgan fingerprint density at radius 2 is 1.89 bits per heavy atom. The number of piperidine rings is 1. The topological polar surface area (TPSA) is 23.5 Å². The number of hydrogen-bond acceptors (Lipinski definition) is 2. The maximum absolute atomic E-state index is 11.1. The molecule has 2 heteroatoms. The predicted molar refractivity (Wildman–Crippen MR) is 80.0 cm³/mol. The second-order valence-corrected chi connectivity index (χ2v) is 6.59. The smallest absolute Gasteiger partial charge is 0.0948 e. The summed E-state index contributed by atoms with van der Waals surface area (Å²) in [4.78, 5) is 2.52. The average molecular weight is 261 g/mol. The van der Waals surface area contributed by atoms with Gasteiger partial charge in [-0.1, -0.05) is 51.1 Å². The van der Waals surface area contributed by atoms with Crippen molar-refractivity contribution in [1.29, 1.82) is 0 Å². The third-order valence-electron chi connectivity index (χ3n) is 4.43. The van der Waals surface area contributed by atoms with E-state index in [2.05, 4.69) is 44.7 Å². The Kier molecular flexibility index (Phi) is 4.32. The first kappa shape index (κ1) is 14.5. The van der Waals surface area contributed by atoms with E-state index in [1.807, 2.05) is 18.2 Å². The fourth-order valence-electron chi connectivity index (χ4n) is 3.32. The van der Waals surface area contributed by atoms with Crippen LogP contribution >= 0.6 is 0 Å². The molecule has 0 unspecified atom stereocenters. The standard InChI is InChI=1S/C17H27NO/c1-13(2)11-18-12-14(3)17(19,10-15(18)4)16-8-6-5-7-9-16/h5-9,13-15,19H,10-12H2,1-4H3/t14-,15-,17+/m1/s1. The molecule has 1 heterocycles. The van der Waals surface area contributed by atoms with Gasteiger partial charge in [0, 0.05) is 25.0 Å². The Bertz CT molecular complexity index is 403. The van der Waals surface area contributed by atoms with E-state index in [0.717, 1.165) is 25.1 Å². The van der Waals surface area contributed by atoms with Gasteiger partial charge >= 0.3 is 0 Å². The van der Waals surface area contributed by atoms with Gasteiger partial charge in [0.1, 0.15) is 0 Å². The van der Waals surface area contributed by atoms with Gasteiger partial charge in [0.05, 0.1) is 5.60 Å². The number of nitrogens with zero attached hydrogens (tertiary/aromatic N) is 1. The molecule has 0 spiro atoms. The van der Waals surface area contributed by atoms with E-state index >= 15 is 0 Å². The van der Waals surface area contributed by atoms with Gasteiger partial charge in [-0.25, -0.2) is 0 Å². The molecule has 1 aromatic rings. The van der Waals surface area contributed by atoms with Crippen molar-refractivity contribution < 1.29 is 5.11 Å². The van der Waals surface area contributed by atoms with E-state index < -0.39 is 5.60 Å². The lowest BCUT2D eigenvalue weighted by atomic mass is 9.74. The summed E-state index contributed by atoms with van der Waals surface area (Å²) in [6.45, 7) is 11.0. The maximum Gasteiger partial charge on any atom is 0.0948 e. The zero-order chi connectivity index (χ0) is 14.0. The third-order valence-corrected chi connectivity index (χ3v) is 4.43. The molecule has 106 valence electrons. The number of hydrogen-bond donors (Lipinski definition) is 1. The van der Waals surface area contributed by atoms with Crippen LogP contribution in [0.1, 0.15) is 39.7 Å². The lowest BCUT2D eigenvalue weighted by Crippen LogP contribution is -2.53. The molecule has 1 aliphatic heterocycles. The van der Waals surface area contributed by atoms with Crippen molar-refractivity contribution in [3.8, 4) is 0 Å². The normalized spacial score (nSPS) is 32.7. The fraction of sp³-hybridized carbons (Fsp3) is 0.647. The van der Waals surface area contributed by atoms with E-state index in [1.54, 1.807) is 0 Å². The minimum atomic E-state index is -0.672. The molecule has 0 amide bonds. The molecule has 0 aromatic heterocycles. The first-order valence-corrected chi connectivity index (χ1v) is 7.45. The highest BCUT2D eigenvalue weighted by atomic mass is 16.3. The largest absolute Gasteiger partial charge is 0.385 e.